The highest BCUT2D eigenvalue weighted by Crippen LogP contribution is 2.14. The third kappa shape index (κ3) is 4.15. The number of nitrogens with zero attached hydrogens (tertiary/aromatic N) is 2. The minimum absolute atomic E-state index is 0.0594. The summed E-state index contributed by atoms with van der Waals surface area (Å²) in [7, 11) is 3.60. The average Bonchev–Trinajstić information content (AvgIpc) is 2.38. The molecule has 0 unspecified atom stereocenters. The number of carbonyl (C=O) groups excluding carboxylic acids is 1. The van der Waals surface area contributed by atoms with Gasteiger partial charge in [0.05, 0.1) is 11.6 Å². The van der Waals surface area contributed by atoms with Gasteiger partial charge in [-0.15, -0.1) is 0 Å². The van der Waals surface area contributed by atoms with E-state index < -0.39 is 0 Å². The summed E-state index contributed by atoms with van der Waals surface area (Å²) in [5.74, 6) is 0.0594. The number of carbonyl (C=O) groups is 1. The van der Waals surface area contributed by atoms with E-state index in [0.717, 1.165) is 18.7 Å². The van der Waals surface area contributed by atoms with E-state index in [1.54, 1.807) is 13.1 Å². The highest BCUT2D eigenvalue weighted by molar-refractivity contribution is 5.75. The van der Waals surface area contributed by atoms with Crippen molar-refractivity contribution in [3.63, 3.8) is 0 Å². The van der Waals surface area contributed by atoms with Crippen LogP contribution in [0.3, 0.4) is 0 Å². The second kappa shape index (κ2) is 6.54. The van der Waals surface area contributed by atoms with Crippen LogP contribution in [-0.2, 0) is 4.79 Å². The molecular weight excluding hydrogens is 214 g/mol. The van der Waals surface area contributed by atoms with E-state index in [9.17, 15) is 4.79 Å². The van der Waals surface area contributed by atoms with E-state index >= 15 is 0 Å². The van der Waals surface area contributed by atoms with E-state index in [2.05, 4.69) is 11.4 Å². The van der Waals surface area contributed by atoms with Gasteiger partial charge in [-0.25, -0.2) is 0 Å². The van der Waals surface area contributed by atoms with Crippen LogP contribution in [0.15, 0.2) is 24.3 Å². The molecule has 0 radical (unpaired) electrons. The maximum atomic E-state index is 11.1. The Morgan fingerprint density at radius 2 is 2.29 bits per heavy atom. The molecule has 1 aromatic carbocycles. The van der Waals surface area contributed by atoms with Gasteiger partial charge < -0.3 is 10.2 Å². The van der Waals surface area contributed by atoms with Gasteiger partial charge in [0.15, 0.2) is 0 Å². The standard InChI is InChI=1S/C13H17N3O/c1-15-13(17)7-4-8-16(2)12-6-3-5-11(9-12)10-14/h3,5-6,9H,4,7-8H2,1-2H3,(H,15,17). The van der Waals surface area contributed by atoms with Gasteiger partial charge in [-0.2, -0.15) is 5.26 Å². The summed E-state index contributed by atoms with van der Waals surface area (Å²) < 4.78 is 0. The van der Waals surface area contributed by atoms with Gasteiger partial charge in [-0.1, -0.05) is 6.07 Å². The van der Waals surface area contributed by atoms with Crippen LogP contribution in [0, 0.1) is 11.3 Å². The Labute approximate surface area is 102 Å². The summed E-state index contributed by atoms with van der Waals surface area (Å²) in [6.45, 7) is 0.794. The van der Waals surface area contributed by atoms with Crippen LogP contribution in [0.25, 0.3) is 0 Å². The number of nitrogens with one attached hydrogen (secondary N) is 1. The molecule has 0 saturated carbocycles. The summed E-state index contributed by atoms with van der Waals surface area (Å²) in [6, 6.07) is 9.56. The van der Waals surface area contributed by atoms with E-state index in [0.29, 0.717) is 12.0 Å². The molecule has 0 aliphatic carbocycles. The molecular formula is C13H17N3O. The first-order chi connectivity index (χ1) is 8.17. The van der Waals surface area contributed by atoms with Crippen LogP contribution < -0.4 is 10.2 Å². The topological polar surface area (TPSA) is 56.1 Å². The molecule has 1 aromatic rings. The second-order valence-corrected chi connectivity index (χ2v) is 3.86. The quantitative estimate of drug-likeness (QED) is 0.836. The fourth-order valence-corrected chi connectivity index (χ4v) is 1.54. The van der Waals surface area contributed by atoms with E-state index in [1.807, 2.05) is 30.1 Å². The van der Waals surface area contributed by atoms with Gasteiger partial charge >= 0.3 is 0 Å². The van der Waals surface area contributed by atoms with Crippen molar-refractivity contribution >= 4 is 11.6 Å². The fourth-order valence-electron chi connectivity index (χ4n) is 1.54. The molecule has 1 N–H and O–H groups in total. The summed E-state index contributed by atoms with van der Waals surface area (Å²) in [5.41, 5.74) is 1.65. The Bertz CT molecular complexity index is 423. The Kier molecular flexibility index (Phi) is 5.02. The highest BCUT2D eigenvalue weighted by Gasteiger charge is 2.03. The number of anilines is 1. The van der Waals surface area contributed by atoms with Gasteiger partial charge in [0.25, 0.3) is 0 Å². The Morgan fingerprint density at radius 3 is 2.94 bits per heavy atom. The van der Waals surface area contributed by atoms with Crippen LogP contribution in [0.4, 0.5) is 5.69 Å². The largest absolute Gasteiger partial charge is 0.375 e. The van der Waals surface area contributed by atoms with Crippen LogP contribution in [-0.4, -0.2) is 26.5 Å². The van der Waals surface area contributed by atoms with Crippen molar-refractivity contribution in [1.82, 2.24) is 5.32 Å². The number of hydrogen-bond donors (Lipinski definition) is 1. The highest BCUT2D eigenvalue weighted by atomic mass is 16.1. The normalized spacial score (nSPS) is 9.47. The first kappa shape index (κ1) is 13.0. The lowest BCUT2D eigenvalue weighted by Crippen LogP contribution is -2.22. The second-order valence-electron chi connectivity index (χ2n) is 3.86. The summed E-state index contributed by atoms with van der Waals surface area (Å²) in [5, 5.41) is 11.4. The van der Waals surface area contributed by atoms with Crippen molar-refractivity contribution in [1.29, 1.82) is 5.26 Å². The van der Waals surface area contributed by atoms with E-state index in [-0.39, 0.29) is 5.91 Å². The van der Waals surface area contributed by atoms with Crippen molar-refractivity contribution in [3.8, 4) is 6.07 Å². The lowest BCUT2D eigenvalue weighted by Gasteiger charge is -2.19. The van der Waals surface area contributed by atoms with Crippen molar-refractivity contribution in [2.75, 3.05) is 25.5 Å². The van der Waals surface area contributed by atoms with Crippen molar-refractivity contribution in [2.45, 2.75) is 12.8 Å². The van der Waals surface area contributed by atoms with E-state index in [1.165, 1.54) is 0 Å². The van der Waals surface area contributed by atoms with Crippen molar-refractivity contribution < 1.29 is 4.79 Å². The monoisotopic (exact) mass is 231 g/mol. The minimum Gasteiger partial charge on any atom is -0.375 e. The van der Waals surface area contributed by atoms with Gasteiger partial charge in [0.1, 0.15) is 0 Å². The zero-order chi connectivity index (χ0) is 12.7. The number of nitriles is 1. The summed E-state index contributed by atoms with van der Waals surface area (Å²) in [6.07, 6.45) is 1.33. The average molecular weight is 231 g/mol. The Balaban J connectivity index is 2.49. The smallest absolute Gasteiger partial charge is 0.219 e. The molecule has 0 aliphatic heterocycles. The maximum Gasteiger partial charge on any atom is 0.219 e. The molecule has 17 heavy (non-hydrogen) atoms. The zero-order valence-corrected chi connectivity index (χ0v) is 10.2. The number of hydrogen-bond acceptors (Lipinski definition) is 3. The molecule has 0 saturated heterocycles. The minimum atomic E-state index is 0.0594. The molecule has 0 spiro atoms. The molecule has 0 aromatic heterocycles. The van der Waals surface area contributed by atoms with Crippen molar-refractivity contribution in [3.05, 3.63) is 29.8 Å². The van der Waals surface area contributed by atoms with Gasteiger partial charge in [-0.05, 0) is 24.6 Å². The molecule has 0 heterocycles. The molecule has 4 nitrogen and oxygen atoms in total. The van der Waals surface area contributed by atoms with Crippen LogP contribution >= 0.6 is 0 Å². The first-order valence-corrected chi connectivity index (χ1v) is 5.59. The number of amides is 1. The lowest BCUT2D eigenvalue weighted by molar-refractivity contribution is -0.120. The summed E-state index contributed by atoms with van der Waals surface area (Å²) in [4.78, 5) is 13.1. The Hall–Kier alpha value is -2.02. The van der Waals surface area contributed by atoms with Gasteiger partial charge in [0, 0.05) is 32.7 Å². The Morgan fingerprint density at radius 1 is 1.53 bits per heavy atom. The predicted molar refractivity (Wildman–Crippen MR) is 67.7 cm³/mol. The summed E-state index contributed by atoms with van der Waals surface area (Å²) >= 11 is 0. The SMILES string of the molecule is CNC(=O)CCCN(C)c1cccc(C#N)c1. The predicted octanol–water partition coefficient (Wildman–Crippen LogP) is 1.52. The molecule has 0 bridgehead atoms. The molecule has 1 rings (SSSR count). The molecule has 4 heteroatoms. The lowest BCUT2D eigenvalue weighted by atomic mass is 10.2. The number of rotatable bonds is 5. The van der Waals surface area contributed by atoms with Gasteiger partial charge in [0.2, 0.25) is 5.91 Å². The van der Waals surface area contributed by atoms with Crippen LogP contribution in [0.2, 0.25) is 0 Å². The van der Waals surface area contributed by atoms with Crippen LogP contribution in [0.5, 0.6) is 0 Å². The molecule has 0 atom stereocenters. The van der Waals surface area contributed by atoms with Crippen molar-refractivity contribution in [2.24, 2.45) is 0 Å². The maximum absolute atomic E-state index is 11.1. The van der Waals surface area contributed by atoms with Crippen LogP contribution in [0.1, 0.15) is 18.4 Å². The molecule has 90 valence electrons. The number of benzene rings is 1. The third-order valence-electron chi connectivity index (χ3n) is 2.59. The third-order valence-corrected chi connectivity index (χ3v) is 2.59. The first-order valence-electron chi connectivity index (χ1n) is 5.59. The van der Waals surface area contributed by atoms with Gasteiger partial charge in [-0.3, -0.25) is 4.79 Å². The molecule has 1 amide bonds. The fraction of sp³-hybridized carbons (Fsp3) is 0.385. The molecule has 0 aliphatic rings. The molecule has 0 fully saturated rings. The zero-order valence-electron chi connectivity index (χ0n) is 10.2. The van der Waals surface area contributed by atoms with E-state index in [4.69, 9.17) is 5.26 Å².